The molecule has 0 aromatic rings. The van der Waals surface area contributed by atoms with Crippen molar-refractivity contribution in [3.05, 3.63) is 0 Å². The Balaban J connectivity index is 2.62. The lowest BCUT2D eigenvalue weighted by Crippen LogP contribution is -2.48. The van der Waals surface area contributed by atoms with E-state index < -0.39 is 31.0 Å². The summed E-state index contributed by atoms with van der Waals surface area (Å²) in [5, 5.41) is 8.82. The number of carboxylic acid groups (broad SMARTS) is 1. The molecule has 1 aliphatic rings. The zero-order chi connectivity index (χ0) is 12.3. The van der Waals surface area contributed by atoms with Crippen molar-refractivity contribution in [2.45, 2.75) is 12.5 Å². The van der Waals surface area contributed by atoms with Gasteiger partial charge in [0.1, 0.15) is 6.04 Å². The molecule has 1 aliphatic heterocycles. The van der Waals surface area contributed by atoms with Gasteiger partial charge >= 0.3 is 12.0 Å². The number of rotatable bonds is 3. The van der Waals surface area contributed by atoms with Gasteiger partial charge in [-0.05, 0) is 0 Å². The van der Waals surface area contributed by atoms with E-state index in [9.17, 15) is 18.4 Å². The minimum atomic E-state index is -2.62. The first kappa shape index (κ1) is 13.0. The number of amides is 2. The number of hydrogen-bond donors (Lipinski definition) is 1. The maximum atomic E-state index is 12.1. The molecule has 0 spiro atoms. The topological polar surface area (TPSA) is 60.9 Å². The number of urea groups is 1. The van der Waals surface area contributed by atoms with Crippen molar-refractivity contribution in [2.75, 3.05) is 25.2 Å². The van der Waals surface area contributed by atoms with Crippen molar-refractivity contribution >= 4 is 23.8 Å². The number of aliphatic carboxylic acids is 1. The highest BCUT2D eigenvalue weighted by atomic mass is 32.2. The highest BCUT2D eigenvalue weighted by Gasteiger charge is 2.36. The van der Waals surface area contributed by atoms with E-state index in [1.165, 1.54) is 18.8 Å². The maximum absolute atomic E-state index is 12.1. The smallest absolute Gasteiger partial charge is 0.327 e. The van der Waals surface area contributed by atoms with E-state index in [4.69, 9.17) is 5.11 Å². The molecule has 16 heavy (non-hydrogen) atoms. The minimum Gasteiger partial charge on any atom is -0.480 e. The molecular formula is C8H12F2N2O3S. The summed E-state index contributed by atoms with van der Waals surface area (Å²) in [6.45, 7) is -0.688. The molecule has 2 amide bonds. The van der Waals surface area contributed by atoms with E-state index in [1.54, 1.807) is 0 Å². The molecule has 0 aromatic carbocycles. The molecule has 1 atom stereocenters. The third-order valence-corrected chi connectivity index (χ3v) is 3.16. The molecule has 5 nitrogen and oxygen atoms in total. The Morgan fingerprint density at radius 3 is 2.75 bits per heavy atom. The highest BCUT2D eigenvalue weighted by Crippen LogP contribution is 2.22. The fraction of sp³-hybridized carbons (Fsp3) is 0.750. The fourth-order valence-corrected chi connectivity index (χ4v) is 2.48. The highest BCUT2D eigenvalue weighted by molar-refractivity contribution is 7.99. The monoisotopic (exact) mass is 254 g/mol. The van der Waals surface area contributed by atoms with Crippen LogP contribution in [0.3, 0.4) is 0 Å². The molecular weight excluding hydrogens is 242 g/mol. The number of nitrogens with zero attached hydrogens (tertiary/aromatic N) is 2. The van der Waals surface area contributed by atoms with Gasteiger partial charge in [0.2, 0.25) is 0 Å². The quantitative estimate of drug-likeness (QED) is 0.808. The van der Waals surface area contributed by atoms with Crippen molar-refractivity contribution in [2.24, 2.45) is 0 Å². The largest absolute Gasteiger partial charge is 0.480 e. The molecule has 0 aromatic heterocycles. The summed E-state index contributed by atoms with van der Waals surface area (Å²) in [5.41, 5.74) is 0. The summed E-state index contributed by atoms with van der Waals surface area (Å²) in [7, 11) is 1.23. The average Bonchev–Trinajstić information content (AvgIpc) is 2.63. The summed E-state index contributed by atoms with van der Waals surface area (Å²) in [6, 6.07) is -1.59. The lowest BCUT2D eigenvalue weighted by Gasteiger charge is -2.26. The molecule has 0 aliphatic carbocycles. The van der Waals surface area contributed by atoms with Crippen LogP contribution >= 0.6 is 11.8 Å². The van der Waals surface area contributed by atoms with Gasteiger partial charge in [-0.2, -0.15) is 0 Å². The molecule has 0 saturated carbocycles. The number of carbonyl (C=O) groups excluding carboxylic acids is 1. The van der Waals surface area contributed by atoms with Crippen LogP contribution in [0.4, 0.5) is 13.6 Å². The van der Waals surface area contributed by atoms with Crippen molar-refractivity contribution in [1.29, 1.82) is 0 Å². The maximum Gasteiger partial charge on any atom is 0.327 e. The first-order valence-corrected chi connectivity index (χ1v) is 5.69. The van der Waals surface area contributed by atoms with Gasteiger partial charge < -0.3 is 14.9 Å². The predicted octanol–water partition coefficient (Wildman–Crippen LogP) is 0.763. The zero-order valence-electron chi connectivity index (χ0n) is 8.60. The number of carboxylic acids is 1. The van der Waals surface area contributed by atoms with Crippen LogP contribution in [0.2, 0.25) is 0 Å². The fourth-order valence-electron chi connectivity index (χ4n) is 1.34. The number of thioether (sulfide) groups is 1. The third-order valence-electron chi connectivity index (χ3n) is 2.15. The Bertz CT molecular complexity index is 290. The minimum absolute atomic E-state index is 0.226. The first-order chi connectivity index (χ1) is 7.43. The van der Waals surface area contributed by atoms with Crippen LogP contribution in [0.25, 0.3) is 0 Å². The van der Waals surface area contributed by atoms with Gasteiger partial charge in [0.15, 0.2) is 0 Å². The van der Waals surface area contributed by atoms with Gasteiger partial charge in [0, 0.05) is 12.8 Å². The number of halogens is 2. The van der Waals surface area contributed by atoms with Gasteiger partial charge in [0.25, 0.3) is 6.43 Å². The zero-order valence-corrected chi connectivity index (χ0v) is 9.41. The number of alkyl halides is 2. The average molecular weight is 254 g/mol. The second kappa shape index (κ2) is 5.33. The van der Waals surface area contributed by atoms with Crippen LogP contribution < -0.4 is 0 Å². The second-order valence-corrected chi connectivity index (χ2v) is 4.38. The van der Waals surface area contributed by atoms with E-state index in [-0.39, 0.29) is 5.88 Å². The predicted molar refractivity (Wildman–Crippen MR) is 54.6 cm³/mol. The van der Waals surface area contributed by atoms with Gasteiger partial charge in [-0.3, -0.25) is 0 Å². The van der Waals surface area contributed by atoms with Crippen molar-refractivity contribution in [1.82, 2.24) is 9.80 Å². The molecule has 1 heterocycles. The Hall–Kier alpha value is -1.05. The molecule has 1 N–H and O–H groups in total. The molecule has 1 fully saturated rings. The van der Waals surface area contributed by atoms with Crippen molar-refractivity contribution in [3.63, 3.8) is 0 Å². The molecule has 1 saturated heterocycles. The summed E-state index contributed by atoms with van der Waals surface area (Å²) >= 11 is 1.29. The van der Waals surface area contributed by atoms with Crippen LogP contribution in [-0.2, 0) is 4.79 Å². The molecule has 92 valence electrons. The number of carbonyl (C=O) groups is 2. The van der Waals surface area contributed by atoms with Crippen molar-refractivity contribution < 1.29 is 23.5 Å². The molecule has 0 radical (unpaired) electrons. The van der Waals surface area contributed by atoms with Gasteiger partial charge in [0.05, 0.1) is 12.4 Å². The Kier molecular flexibility index (Phi) is 4.34. The second-order valence-electron chi connectivity index (χ2n) is 3.38. The Labute approximate surface area is 95.4 Å². The molecule has 0 bridgehead atoms. The standard InChI is InChI=1S/C8H12F2N2O3S/c1-11(2-6(9)10)8(15)12-4-16-3-5(12)7(13)14/h5-6H,2-4H2,1H3,(H,13,14). The van der Waals surface area contributed by atoms with E-state index in [2.05, 4.69) is 0 Å². The lowest BCUT2D eigenvalue weighted by molar-refractivity contribution is -0.140. The first-order valence-electron chi connectivity index (χ1n) is 4.54. The number of hydrogen-bond acceptors (Lipinski definition) is 3. The normalized spacial score (nSPS) is 20.2. The van der Waals surface area contributed by atoms with E-state index in [0.29, 0.717) is 5.75 Å². The van der Waals surface area contributed by atoms with Crippen LogP contribution in [-0.4, -0.2) is 64.6 Å². The molecule has 1 unspecified atom stereocenters. The van der Waals surface area contributed by atoms with Crippen LogP contribution in [0.1, 0.15) is 0 Å². The summed E-state index contributed by atoms with van der Waals surface area (Å²) in [4.78, 5) is 24.4. The Morgan fingerprint density at radius 1 is 1.62 bits per heavy atom. The SMILES string of the molecule is CN(CC(F)F)C(=O)N1CSCC1C(=O)O. The lowest BCUT2D eigenvalue weighted by atomic mass is 10.3. The molecule has 1 rings (SSSR count). The summed E-state index contributed by atoms with van der Waals surface area (Å²) < 4.78 is 24.1. The van der Waals surface area contributed by atoms with Gasteiger partial charge in [-0.15, -0.1) is 11.8 Å². The van der Waals surface area contributed by atoms with E-state index in [0.717, 1.165) is 9.80 Å². The summed E-state index contributed by atoms with van der Waals surface area (Å²) in [5.74, 6) is -0.587. The van der Waals surface area contributed by atoms with E-state index in [1.807, 2.05) is 0 Å². The van der Waals surface area contributed by atoms with Gasteiger partial charge in [-0.25, -0.2) is 18.4 Å². The summed E-state index contributed by atoms with van der Waals surface area (Å²) in [6.07, 6.45) is -2.62. The van der Waals surface area contributed by atoms with Crippen molar-refractivity contribution in [3.8, 4) is 0 Å². The van der Waals surface area contributed by atoms with Crippen LogP contribution in [0.15, 0.2) is 0 Å². The van der Waals surface area contributed by atoms with Crippen LogP contribution in [0, 0.1) is 0 Å². The van der Waals surface area contributed by atoms with E-state index >= 15 is 0 Å². The Morgan fingerprint density at radius 2 is 2.25 bits per heavy atom. The molecule has 8 heteroatoms. The van der Waals surface area contributed by atoms with Gasteiger partial charge in [-0.1, -0.05) is 0 Å². The van der Waals surface area contributed by atoms with Crippen LogP contribution in [0.5, 0.6) is 0 Å². The third kappa shape index (κ3) is 2.97.